The van der Waals surface area contributed by atoms with Gasteiger partial charge in [0.05, 0.1) is 16.6 Å². The summed E-state index contributed by atoms with van der Waals surface area (Å²) in [5.41, 5.74) is 3.28. The number of aromatic nitrogens is 2. The molecule has 0 saturated carbocycles. The van der Waals surface area contributed by atoms with Crippen LogP contribution in [0.3, 0.4) is 0 Å². The third-order valence-corrected chi connectivity index (χ3v) is 7.37. The van der Waals surface area contributed by atoms with E-state index in [1.54, 1.807) is 0 Å². The number of anilines is 1. The number of piperidine rings is 2. The van der Waals surface area contributed by atoms with Crippen LogP contribution in [0.15, 0.2) is 42.6 Å². The topological polar surface area (TPSA) is 52.9 Å². The lowest BCUT2D eigenvalue weighted by Crippen LogP contribution is -2.42. The van der Waals surface area contributed by atoms with Crippen LogP contribution in [0.4, 0.5) is 5.82 Å². The van der Waals surface area contributed by atoms with Gasteiger partial charge in [0, 0.05) is 44.3 Å². The highest BCUT2D eigenvalue weighted by atomic mass is 16.1. The molecule has 2 saturated heterocycles. The molecule has 2 fully saturated rings. The van der Waals surface area contributed by atoms with Crippen molar-refractivity contribution in [1.82, 2.24) is 19.6 Å². The predicted molar refractivity (Wildman–Crippen MR) is 130 cm³/mol. The molecule has 3 aromatic rings. The first-order valence-electron chi connectivity index (χ1n) is 12.3. The van der Waals surface area contributed by atoms with Crippen molar-refractivity contribution in [3.63, 3.8) is 0 Å². The fraction of sp³-hybridized carbons (Fsp3) is 0.538. The van der Waals surface area contributed by atoms with Crippen molar-refractivity contribution in [2.24, 2.45) is 5.92 Å². The van der Waals surface area contributed by atoms with Gasteiger partial charge in [0.1, 0.15) is 0 Å². The van der Waals surface area contributed by atoms with Gasteiger partial charge in [-0.05, 0) is 69.8 Å². The molecular formula is C26H35N5O. The SMILES string of the molecule is C[C@@H]1CCCCN1CCCNC(=O)C1CCN(c2nc3ccccc3n3cccc23)CC1. The first kappa shape index (κ1) is 21.3. The van der Waals surface area contributed by atoms with Crippen molar-refractivity contribution in [2.45, 2.75) is 51.5 Å². The first-order valence-corrected chi connectivity index (χ1v) is 12.3. The number of carbonyl (C=O) groups excluding carboxylic acids is 1. The second kappa shape index (κ2) is 9.49. The lowest BCUT2D eigenvalue weighted by molar-refractivity contribution is -0.125. The van der Waals surface area contributed by atoms with E-state index in [1.165, 1.54) is 25.8 Å². The van der Waals surface area contributed by atoms with Crippen LogP contribution < -0.4 is 10.2 Å². The fourth-order valence-electron chi connectivity index (χ4n) is 5.42. The van der Waals surface area contributed by atoms with Gasteiger partial charge in [0.25, 0.3) is 0 Å². The van der Waals surface area contributed by atoms with E-state index in [-0.39, 0.29) is 11.8 Å². The number of rotatable bonds is 6. The molecule has 1 amide bonds. The predicted octanol–water partition coefficient (Wildman–Crippen LogP) is 4.08. The van der Waals surface area contributed by atoms with Crippen LogP contribution in [0.25, 0.3) is 16.6 Å². The smallest absolute Gasteiger partial charge is 0.223 e. The van der Waals surface area contributed by atoms with Gasteiger partial charge in [-0.15, -0.1) is 0 Å². The molecule has 170 valence electrons. The van der Waals surface area contributed by atoms with Crippen molar-refractivity contribution in [2.75, 3.05) is 37.6 Å². The Bertz CT molecular complexity index is 1070. The number of benzene rings is 1. The van der Waals surface area contributed by atoms with Gasteiger partial charge in [-0.1, -0.05) is 18.6 Å². The van der Waals surface area contributed by atoms with Crippen LogP contribution in [0, 0.1) is 5.92 Å². The van der Waals surface area contributed by atoms with Crippen molar-refractivity contribution in [3.8, 4) is 0 Å². The summed E-state index contributed by atoms with van der Waals surface area (Å²) in [5, 5.41) is 3.21. The third-order valence-electron chi connectivity index (χ3n) is 7.37. The number of amides is 1. The standard InChI is InChI=1S/C26H35N5O/c1-20-8-4-5-15-29(20)16-7-14-27-26(32)21-12-18-30(19-13-21)25-24-11-6-17-31(24)23-10-3-2-9-22(23)28-25/h2-3,6,9-11,17,20-21H,4-5,7-8,12-16,18-19H2,1H3,(H,27,32)/t20-/m1/s1. The Morgan fingerprint density at radius 1 is 1.03 bits per heavy atom. The van der Waals surface area contributed by atoms with Gasteiger partial charge >= 0.3 is 0 Å². The largest absolute Gasteiger partial charge is 0.356 e. The molecule has 2 aliphatic heterocycles. The maximum atomic E-state index is 12.7. The highest BCUT2D eigenvalue weighted by Gasteiger charge is 2.27. The summed E-state index contributed by atoms with van der Waals surface area (Å²) in [7, 11) is 0. The van der Waals surface area contributed by atoms with Crippen LogP contribution in [0.1, 0.15) is 45.4 Å². The number of hydrogen-bond donors (Lipinski definition) is 1. The maximum absolute atomic E-state index is 12.7. The Morgan fingerprint density at radius 3 is 2.69 bits per heavy atom. The zero-order valence-electron chi connectivity index (χ0n) is 19.2. The van der Waals surface area contributed by atoms with Crippen LogP contribution in [-0.2, 0) is 4.79 Å². The Balaban J connectivity index is 1.15. The summed E-state index contributed by atoms with van der Waals surface area (Å²) >= 11 is 0. The fourth-order valence-corrected chi connectivity index (χ4v) is 5.42. The molecule has 2 aromatic heterocycles. The second-order valence-corrected chi connectivity index (χ2v) is 9.47. The average Bonchev–Trinajstić information content (AvgIpc) is 3.33. The molecule has 32 heavy (non-hydrogen) atoms. The van der Waals surface area contributed by atoms with Crippen LogP contribution in [-0.4, -0.2) is 59.0 Å². The Labute approximate surface area is 190 Å². The molecular weight excluding hydrogens is 398 g/mol. The Hall–Kier alpha value is -2.60. The zero-order valence-corrected chi connectivity index (χ0v) is 19.2. The molecule has 6 heteroatoms. The molecule has 2 aliphatic rings. The highest BCUT2D eigenvalue weighted by molar-refractivity contribution is 5.85. The Kier molecular flexibility index (Phi) is 6.30. The number of carbonyl (C=O) groups is 1. The molecule has 1 aromatic carbocycles. The summed E-state index contributed by atoms with van der Waals surface area (Å²) in [6, 6.07) is 13.2. The van der Waals surface area contributed by atoms with Gasteiger partial charge in [0.15, 0.2) is 5.82 Å². The lowest BCUT2D eigenvalue weighted by atomic mass is 9.96. The van der Waals surface area contributed by atoms with Crippen LogP contribution >= 0.6 is 0 Å². The molecule has 1 N–H and O–H groups in total. The first-order chi connectivity index (χ1) is 15.7. The molecule has 0 unspecified atom stereocenters. The minimum absolute atomic E-state index is 0.114. The van der Waals surface area contributed by atoms with Gasteiger partial charge in [-0.25, -0.2) is 4.98 Å². The van der Waals surface area contributed by atoms with E-state index in [0.29, 0.717) is 6.04 Å². The minimum Gasteiger partial charge on any atom is -0.356 e. The average molecular weight is 434 g/mol. The summed E-state index contributed by atoms with van der Waals surface area (Å²) in [4.78, 5) is 22.6. The van der Waals surface area contributed by atoms with E-state index in [0.717, 1.165) is 67.8 Å². The van der Waals surface area contributed by atoms with E-state index in [9.17, 15) is 4.79 Å². The number of fused-ring (bicyclic) bond motifs is 3. The minimum atomic E-state index is 0.114. The maximum Gasteiger partial charge on any atom is 0.223 e. The van der Waals surface area contributed by atoms with Crippen molar-refractivity contribution in [3.05, 3.63) is 42.6 Å². The monoisotopic (exact) mass is 433 g/mol. The molecule has 6 nitrogen and oxygen atoms in total. The summed E-state index contributed by atoms with van der Waals surface area (Å²) in [6.45, 7) is 7.17. The van der Waals surface area contributed by atoms with E-state index >= 15 is 0 Å². The van der Waals surface area contributed by atoms with E-state index in [1.807, 2.05) is 6.07 Å². The number of nitrogens with one attached hydrogen (secondary N) is 1. The normalized spacial score (nSPS) is 20.8. The third kappa shape index (κ3) is 4.33. The molecule has 0 radical (unpaired) electrons. The van der Waals surface area contributed by atoms with Gasteiger partial charge in [-0.3, -0.25) is 4.79 Å². The molecule has 1 atom stereocenters. The molecule has 0 bridgehead atoms. The highest BCUT2D eigenvalue weighted by Crippen LogP contribution is 2.29. The summed E-state index contributed by atoms with van der Waals surface area (Å²) in [5.74, 6) is 1.38. The Morgan fingerprint density at radius 2 is 1.84 bits per heavy atom. The van der Waals surface area contributed by atoms with Crippen molar-refractivity contribution in [1.29, 1.82) is 0 Å². The molecule has 4 heterocycles. The number of hydrogen-bond acceptors (Lipinski definition) is 4. The summed E-state index contributed by atoms with van der Waals surface area (Å²) in [6.07, 6.45) is 8.91. The quantitative estimate of drug-likeness (QED) is 0.595. The molecule has 5 rings (SSSR count). The molecule has 0 spiro atoms. The van der Waals surface area contributed by atoms with Gasteiger partial charge in [0.2, 0.25) is 5.91 Å². The molecule has 0 aliphatic carbocycles. The van der Waals surface area contributed by atoms with Crippen LogP contribution in [0.5, 0.6) is 0 Å². The number of para-hydroxylation sites is 2. The van der Waals surface area contributed by atoms with E-state index in [2.05, 4.69) is 63.0 Å². The van der Waals surface area contributed by atoms with E-state index < -0.39 is 0 Å². The van der Waals surface area contributed by atoms with Crippen molar-refractivity contribution >= 4 is 28.3 Å². The van der Waals surface area contributed by atoms with Crippen molar-refractivity contribution < 1.29 is 4.79 Å². The number of nitrogens with zero attached hydrogens (tertiary/aromatic N) is 4. The lowest BCUT2D eigenvalue weighted by Gasteiger charge is -2.34. The van der Waals surface area contributed by atoms with Gasteiger partial charge in [-0.2, -0.15) is 0 Å². The zero-order chi connectivity index (χ0) is 21.9. The van der Waals surface area contributed by atoms with E-state index in [4.69, 9.17) is 4.98 Å². The van der Waals surface area contributed by atoms with Crippen LogP contribution in [0.2, 0.25) is 0 Å². The number of likely N-dealkylation sites (tertiary alicyclic amines) is 1. The second-order valence-electron chi connectivity index (χ2n) is 9.47. The van der Waals surface area contributed by atoms with Gasteiger partial charge < -0.3 is 19.5 Å². The summed E-state index contributed by atoms with van der Waals surface area (Å²) < 4.78 is 2.22.